The minimum atomic E-state index is -3.62. The number of anilines is 1. The summed E-state index contributed by atoms with van der Waals surface area (Å²) in [5, 5.41) is 3.93. The Hall–Kier alpha value is -2.48. The first-order chi connectivity index (χ1) is 13.9. The highest BCUT2D eigenvalue weighted by Crippen LogP contribution is 2.29. The fourth-order valence-corrected chi connectivity index (χ4v) is 5.13. The van der Waals surface area contributed by atoms with Gasteiger partial charge in [-0.15, -0.1) is 0 Å². The van der Waals surface area contributed by atoms with Crippen molar-refractivity contribution in [3.8, 4) is 0 Å². The molecule has 0 saturated carbocycles. The average Bonchev–Trinajstić information content (AvgIpc) is 2.75. The van der Waals surface area contributed by atoms with Crippen LogP contribution in [0.4, 0.5) is 5.69 Å². The van der Waals surface area contributed by atoms with Gasteiger partial charge in [0.2, 0.25) is 10.0 Å². The Balaban J connectivity index is 1.61. The lowest BCUT2D eigenvalue weighted by Crippen LogP contribution is -2.35. The molecule has 150 valence electrons. The number of fused-ring (bicyclic) bond motifs is 1. The quantitative estimate of drug-likeness (QED) is 0.670. The van der Waals surface area contributed by atoms with E-state index in [0.29, 0.717) is 24.2 Å². The summed E-state index contributed by atoms with van der Waals surface area (Å²) in [5.41, 5.74) is 1.38. The third-order valence-corrected chi connectivity index (χ3v) is 7.23. The number of hydrogen-bond acceptors (Lipinski definition) is 4. The van der Waals surface area contributed by atoms with E-state index in [4.69, 9.17) is 11.6 Å². The van der Waals surface area contributed by atoms with Crippen molar-refractivity contribution < 1.29 is 13.2 Å². The van der Waals surface area contributed by atoms with Gasteiger partial charge in [0.25, 0.3) is 5.91 Å². The molecule has 8 heteroatoms. The van der Waals surface area contributed by atoms with Crippen molar-refractivity contribution in [1.29, 1.82) is 0 Å². The van der Waals surface area contributed by atoms with E-state index in [-0.39, 0.29) is 21.5 Å². The molecule has 0 radical (unpaired) electrons. The Kier molecular flexibility index (Phi) is 5.54. The molecule has 1 fully saturated rings. The third kappa shape index (κ3) is 4.12. The topological polar surface area (TPSA) is 79.4 Å². The number of carbonyl (C=O) groups excluding carboxylic acids is 1. The largest absolute Gasteiger partial charge is 0.321 e. The highest BCUT2D eigenvalue weighted by atomic mass is 35.5. The van der Waals surface area contributed by atoms with Gasteiger partial charge >= 0.3 is 0 Å². The number of halogens is 1. The third-order valence-electron chi connectivity index (χ3n) is 5.01. The molecular formula is C21H20ClN3O3S. The van der Waals surface area contributed by atoms with Gasteiger partial charge in [-0.05, 0) is 49.2 Å². The van der Waals surface area contributed by atoms with Crippen molar-refractivity contribution in [3.63, 3.8) is 0 Å². The molecule has 0 atom stereocenters. The summed E-state index contributed by atoms with van der Waals surface area (Å²) in [6.07, 6.45) is 4.41. The van der Waals surface area contributed by atoms with E-state index in [0.717, 1.165) is 24.6 Å². The molecule has 1 aliphatic rings. The zero-order valence-electron chi connectivity index (χ0n) is 15.6. The van der Waals surface area contributed by atoms with Gasteiger partial charge in [0.05, 0.1) is 21.1 Å². The number of rotatable bonds is 4. The minimum absolute atomic E-state index is 0.124. The van der Waals surface area contributed by atoms with Crippen LogP contribution in [0.5, 0.6) is 0 Å². The summed E-state index contributed by atoms with van der Waals surface area (Å²) in [7, 11) is -3.62. The van der Waals surface area contributed by atoms with Gasteiger partial charge in [0.1, 0.15) is 0 Å². The molecule has 1 amide bonds. The molecule has 0 spiro atoms. The summed E-state index contributed by atoms with van der Waals surface area (Å²) >= 11 is 6.22. The highest BCUT2D eigenvalue weighted by Gasteiger charge is 2.26. The Bertz CT molecular complexity index is 1170. The lowest BCUT2D eigenvalue weighted by Gasteiger charge is -2.26. The highest BCUT2D eigenvalue weighted by molar-refractivity contribution is 7.89. The van der Waals surface area contributed by atoms with Gasteiger partial charge in [-0.1, -0.05) is 30.2 Å². The van der Waals surface area contributed by atoms with Gasteiger partial charge in [-0.2, -0.15) is 4.31 Å². The van der Waals surface area contributed by atoms with Crippen LogP contribution in [0.15, 0.2) is 59.6 Å². The molecule has 2 aromatic carbocycles. The molecule has 1 aliphatic heterocycles. The van der Waals surface area contributed by atoms with Crippen LogP contribution in [0.2, 0.25) is 5.02 Å². The first-order valence-electron chi connectivity index (χ1n) is 9.41. The summed E-state index contributed by atoms with van der Waals surface area (Å²) in [4.78, 5) is 17.1. The van der Waals surface area contributed by atoms with Crippen molar-refractivity contribution >= 4 is 44.1 Å². The van der Waals surface area contributed by atoms with E-state index in [9.17, 15) is 13.2 Å². The molecule has 4 rings (SSSR count). The molecule has 6 nitrogen and oxygen atoms in total. The van der Waals surface area contributed by atoms with Gasteiger partial charge in [0.15, 0.2) is 0 Å². The number of amides is 1. The molecule has 3 aromatic rings. The predicted octanol–water partition coefficient (Wildman–Crippen LogP) is 4.32. The Morgan fingerprint density at radius 3 is 2.62 bits per heavy atom. The van der Waals surface area contributed by atoms with E-state index in [1.54, 1.807) is 18.3 Å². The van der Waals surface area contributed by atoms with Gasteiger partial charge in [-0.3, -0.25) is 9.78 Å². The smallest absolute Gasteiger partial charge is 0.255 e. The molecule has 1 N–H and O–H groups in total. The number of aromatic nitrogens is 1. The first-order valence-corrected chi connectivity index (χ1v) is 11.2. The van der Waals surface area contributed by atoms with Gasteiger partial charge in [0, 0.05) is 30.2 Å². The molecular weight excluding hydrogens is 410 g/mol. The van der Waals surface area contributed by atoms with E-state index in [1.165, 1.54) is 22.5 Å². The molecule has 0 unspecified atom stereocenters. The molecule has 0 bridgehead atoms. The molecule has 1 aromatic heterocycles. The summed E-state index contributed by atoms with van der Waals surface area (Å²) in [5.74, 6) is -0.382. The normalized spacial score (nSPS) is 15.3. The Labute approximate surface area is 174 Å². The molecule has 1 saturated heterocycles. The second kappa shape index (κ2) is 8.10. The van der Waals surface area contributed by atoms with Crippen molar-refractivity contribution in [1.82, 2.24) is 9.29 Å². The number of pyridine rings is 1. The first kappa shape index (κ1) is 19.8. The number of sulfonamides is 1. The summed E-state index contributed by atoms with van der Waals surface area (Å²) in [6, 6.07) is 13.3. The SMILES string of the molecule is O=C(Nc1cc(S(=O)(=O)N2CCCCC2)ccc1Cl)c1ccc2cccnc2c1. The maximum Gasteiger partial charge on any atom is 0.255 e. The van der Waals surface area contributed by atoms with Crippen LogP contribution in [-0.2, 0) is 10.0 Å². The lowest BCUT2D eigenvalue weighted by molar-refractivity contribution is 0.102. The zero-order chi connectivity index (χ0) is 20.4. The van der Waals surface area contributed by atoms with Crippen molar-refractivity contribution in [2.24, 2.45) is 0 Å². The van der Waals surface area contributed by atoms with Crippen molar-refractivity contribution in [2.45, 2.75) is 24.2 Å². The summed E-state index contributed by atoms with van der Waals surface area (Å²) < 4.78 is 27.3. The monoisotopic (exact) mass is 429 g/mol. The van der Waals surface area contributed by atoms with Crippen LogP contribution in [0, 0.1) is 0 Å². The number of piperidine rings is 1. The standard InChI is InChI=1S/C21H20ClN3O3S/c22-18-9-8-17(29(27,28)25-11-2-1-3-12-25)14-20(18)24-21(26)16-7-6-15-5-4-10-23-19(15)13-16/h4-10,13-14H,1-3,11-12H2,(H,24,26). The second-order valence-corrected chi connectivity index (χ2v) is 9.32. The Morgan fingerprint density at radius 2 is 1.83 bits per heavy atom. The molecule has 29 heavy (non-hydrogen) atoms. The maximum atomic E-state index is 12.9. The Morgan fingerprint density at radius 1 is 1.03 bits per heavy atom. The maximum absolute atomic E-state index is 12.9. The van der Waals surface area contributed by atoms with Crippen LogP contribution in [0.3, 0.4) is 0 Å². The second-order valence-electron chi connectivity index (χ2n) is 6.97. The van der Waals surface area contributed by atoms with Crippen LogP contribution in [0.1, 0.15) is 29.6 Å². The van der Waals surface area contributed by atoms with Crippen LogP contribution in [-0.4, -0.2) is 36.7 Å². The number of carbonyl (C=O) groups is 1. The van der Waals surface area contributed by atoms with E-state index in [1.807, 2.05) is 18.2 Å². The van der Waals surface area contributed by atoms with Crippen LogP contribution < -0.4 is 5.32 Å². The van der Waals surface area contributed by atoms with Gasteiger partial charge < -0.3 is 5.32 Å². The van der Waals surface area contributed by atoms with E-state index < -0.39 is 10.0 Å². The van der Waals surface area contributed by atoms with E-state index in [2.05, 4.69) is 10.3 Å². The number of nitrogens with one attached hydrogen (secondary N) is 1. The van der Waals surface area contributed by atoms with Crippen LogP contribution >= 0.6 is 11.6 Å². The predicted molar refractivity (Wildman–Crippen MR) is 114 cm³/mol. The van der Waals surface area contributed by atoms with Crippen molar-refractivity contribution in [2.75, 3.05) is 18.4 Å². The number of hydrogen-bond donors (Lipinski definition) is 1. The molecule has 0 aliphatic carbocycles. The fourth-order valence-electron chi connectivity index (χ4n) is 3.42. The number of benzene rings is 2. The summed E-state index contributed by atoms with van der Waals surface area (Å²) in [6.45, 7) is 1.02. The van der Waals surface area contributed by atoms with Crippen molar-refractivity contribution in [3.05, 3.63) is 65.3 Å². The fraction of sp³-hybridized carbons (Fsp3) is 0.238. The average molecular weight is 430 g/mol. The van der Waals surface area contributed by atoms with E-state index >= 15 is 0 Å². The lowest BCUT2D eigenvalue weighted by atomic mass is 10.1. The minimum Gasteiger partial charge on any atom is -0.321 e. The van der Waals surface area contributed by atoms with Gasteiger partial charge in [-0.25, -0.2) is 8.42 Å². The van der Waals surface area contributed by atoms with Crippen LogP contribution in [0.25, 0.3) is 10.9 Å². The zero-order valence-corrected chi connectivity index (χ0v) is 17.2. The molecule has 2 heterocycles. The number of nitrogens with zero attached hydrogens (tertiary/aromatic N) is 2.